The fourth-order valence-corrected chi connectivity index (χ4v) is 4.68. The molecule has 11 heteroatoms. The van der Waals surface area contributed by atoms with E-state index in [1.807, 2.05) is 0 Å². The topological polar surface area (TPSA) is 91.0 Å². The second-order valence-electron chi connectivity index (χ2n) is 6.95. The lowest BCUT2D eigenvalue weighted by molar-refractivity contribution is -0.384. The Balaban J connectivity index is 1.58. The Bertz CT molecular complexity index is 1370. The standard InChI is InChI=1S/C23H12Br2ClFN2O5/c24-15-7-12(8-16(25)21(15)33-11-14-3-1-2-4-18(14)27)9-19-23(30)34-22(28-19)13-5-6-17(26)20(10-13)29(31)32/h1-10H,11H2/b19-9-. The molecular weight excluding hydrogens is 599 g/mol. The first-order valence-corrected chi connectivity index (χ1v) is 11.5. The first-order chi connectivity index (χ1) is 16.2. The van der Waals surface area contributed by atoms with Gasteiger partial charge in [-0.1, -0.05) is 29.8 Å². The maximum Gasteiger partial charge on any atom is 0.363 e. The molecule has 34 heavy (non-hydrogen) atoms. The third-order valence-corrected chi connectivity index (χ3v) is 6.16. The number of aliphatic imine (C=N–C) groups is 1. The van der Waals surface area contributed by atoms with E-state index in [2.05, 4.69) is 36.9 Å². The highest BCUT2D eigenvalue weighted by molar-refractivity contribution is 9.11. The van der Waals surface area contributed by atoms with Crippen molar-refractivity contribution in [2.75, 3.05) is 0 Å². The summed E-state index contributed by atoms with van der Waals surface area (Å²) in [5, 5.41) is 11.1. The van der Waals surface area contributed by atoms with Crippen LogP contribution in [-0.4, -0.2) is 16.8 Å². The Hall–Kier alpha value is -3.08. The maximum atomic E-state index is 13.8. The number of carbonyl (C=O) groups excluding carboxylic acids is 1. The molecule has 1 heterocycles. The highest BCUT2D eigenvalue weighted by Crippen LogP contribution is 2.36. The maximum absolute atomic E-state index is 13.8. The van der Waals surface area contributed by atoms with E-state index >= 15 is 0 Å². The molecule has 0 bridgehead atoms. The van der Waals surface area contributed by atoms with E-state index in [0.29, 0.717) is 25.8 Å². The number of nitrogens with zero attached hydrogens (tertiary/aromatic N) is 2. The van der Waals surface area contributed by atoms with Crippen molar-refractivity contribution in [1.82, 2.24) is 0 Å². The van der Waals surface area contributed by atoms with E-state index in [4.69, 9.17) is 21.1 Å². The molecule has 4 rings (SSSR count). The Morgan fingerprint density at radius 1 is 1.15 bits per heavy atom. The number of nitro benzene ring substituents is 1. The van der Waals surface area contributed by atoms with Gasteiger partial charge in [-0.15, -0.1) is 0 Å². The molecule has 0 aromatic heterocycles. The molecule has 0 aliphatic carbocycles. The van der Waals surface area contributed by atoms with Crippen LogP contribution in [0.3, 0.4) is 0 Å². The summed E-state index contributed by atoms with van der Waals surface area (Å²) in [7, 11) is 0. The van der Waals surface area contributed by atoms with Crippen LogP contribution in [0.5, 0.6) is 5.75 Å². The Morgan fingerprint density at radius 3 is 2.53 bits per heavy atom. The molecule has 0 amide bonds. The molecule has 0 spiro atoms. The minimum absolute atomic E-state index is 0.00595. The number of cyclic esters (lactones) is 1. The van der Waals surface area contributed by atoms with Crippen molar-refractivity contribution >= 4 is 67.1 Å². The predicted octanol–water partition coefficient (Wildman–Crippen LogP) is 6.84. The normalized spacial score (nSPS) is 14.2. The number of esters is 1. The lowest BCUT2D eigenvalue weighted by Crippen LogP contribution is -2.06. The van der Waals surface area contributed by atoms with Crippen molar-refractivity contribution in [3.63, 3.8) is 0 Å². The molecule has 172 valence electrons. The predicted molar refractivity (Wildman–Crippen MR) is 131 cm³/mol. The summed E-state index contributed by atoms with van der Waals surface area (Å²) in [6.45, 7) is 0.0253. The number of carbonyl (C=O) groups is 1. The Morgan fingerprint density at radius 2 is 1.85 bits per heavy atom. The molecule has 0 N–H and O–H groups in total. The van der Waals surface area contributed by atoms with Gasteiger partial charge >= 0.3 is 5.97 Å². The van der Waals surface area contributed by atoms with Gasteiger partial charge in [0, 0.05) is 17.2 Å². The van der Waals surface area contributed by atoms with E-state index in [-0.39, 0.29) is 40.3 Å². The Labute approximate surface area is 214 Å². The average Bonchev–Trinajstić information content (AvgIpc) is 3.14. The number of halogens is 4. The van der Waals surface area contributed by atoms with Crippen LogP contribution < -0.4 is 4.74 Å². The third-order valence-electron chi connectivity index (χ3n) is 4.66. The second-order valence-corrected chi connectivity index (χ2v) is 9.07. The molecular formula is C23H12Br2ClFN2O5. The summed E-state index contributed by atoms with van der Waals surface area (Å²) in [6, 6.07) is 13.7. The number of hydrogen-bond donors (Lipinski definition) is 0. The van der Waals surface area contributed by atoms with Crippen molar-refractivity contribution < 1.29 is 23.6 Å². The minimum Gasteiger partial charge on any atom is -0.486 e. The highest BCUT2D eigenvalue weighted by Gasteiger charge is 2.26. The molecule has 1 aliphatic rings. The lowest BCUT2D eigenvalue weighted by atomic mass is 10.2. The van der Waals surface area contributed by atoms with Crippen LogP contribution in [0.1, 0.15) is 16.7 Å². The largest absolute Gasteiger partial charge is 0.486 e. The summed E-state index contributed by atoms with van der Waals surface area (Å²) in [5.74, 6) is -0.689. The zero-order valence-electron chi connectivity index (χ0n) is 16.9. The van der Waals surface area contributed by atoms with Gasteiger partial charge in [0.25, 0.3) is 5.69 Å². The number of benzene rings is 3. The van der Waals surface area contributed by atoms with Crippen LogP contribution in [0.25, 0.3) is 6.08 Å². The fourth-order valence-electron chi connectivity index (χ4n) is 3.04. The van der Waals surface area contributed by atoms with E-state index < -0.39 is 10.9 Å². The molecule has 0 saturated heterocycles. The molecule has 1 aliphatic heterocycles. The van der Waals surface area contributed by atoms with Gasteiger partial charge in [-0.3, -0.25) is 10.1 Å². The van der Waals surface area contributed by atoms with E-state index in [1.54, 1.807) is 30.3 Å². The van der Waals surface area contributed by atoms with Crippen LogP contribution in [-0.2, 0) is 16.1 Å². The van der Waals surface area contributed by atoms with E-state index in [0.717, 1.165) is 0 Å². The first-order valence-electron chi connectivity index (χ1n) is 9.55. The zero-order chi connectivity index (χ0) is 24.4. The van der Waals surface area contributed by atoms with Crippen LogP contribution in [0.4, 0.5) is 10.1 Å². The number of nitro groups is 1. The van der Waals surface area contributed by atoms with Crippen molar-refractivity contribution in [2.45, 2.75) is 6.61 Å². The molecule has 0 atom stereocenters. The van der Waals surface area contributed by atoms with Crippen LogP contribution in [0.15, 0.2) is 74.2 Å². The first kappa shape index (κ1) is 24.1. The molecule has 0 unspecified atom stereocenters. The summed E-state index contributed by atoms with van der Waals surface area (Å²) < 4.78 is 25.9. The molecule has 3 aromatic rings. The third kappa shape index (κ3) is 5.19. The van der Waals surface area contributed by atoms with Gasteiger partial charge in [0.1, 0.15) is 23.2 Å². The molecule has 0 fully saturated rings. The highest BCUT2D eigenvalue weighted by atomic mass is 79.9. The number of ether oxygens (including phenoxy) is 2. The quantitative estimate of drug-likeness (QED) is 0.132. The Kier molecular flexibility index (Phi) is 7.11. The van der Waals surface area contributed by atoms with Crippen LogP contribution in [0, 0.1) is 15.9 Å². The van der Waals surface area contributed by atoms with Gasteiger partial charge in [0.15, 0.2) is 5.70 Å². The number of hydrogen-bond acceptors (Lipinski definition) is 6. The van der Waals surface area contributed by atoms with E-state index in [1.165, 1.54) is 30.3 Å². The summed E-state index contributed by atoms with van der Waals surface area (Å²) in [5.41, 5.74) is 0.925. The average molecular weight is 611 g/mol. The SMILES string of the molecule is O=C1OC(c2ccc(Cl)c([N+](=O)[O-])c2)=N/C1=C\c1cc(Br)c(OCc2ccccc2F)c(Br)c1. The fraction of sp³-hybridized carbons (Fsp3) is 0.0435. The van der Waals surface area contributed by atoms with Crippen LogP contribution in [0.2, 0.25) is 5.02 Å². The molecule has 7 nitrogen and oxygen atoms in total. The summed E-state index contributed by atoms with van der Waals surface area (Å²) in [6.07, 6.45) is 1.50. The molecule has 0 saturated carbocycles. The van der Waals surface area contributed by atoms with Crippen molar-refractivity contribution in [2.24, 2.45) is 4.99 Å². The van der Waals surface area contributed by atoms with Gasteiger partial charge in [-0.25, -0.2) is 14.2 Å². The molecule has 0 radical (unpaired) electrons. The van der Waals surface area contributed by atoms with Gasteiger partial charge in [-0.2, -0.15) is 0 Å². The zero-order valence-corrected chi connectivity index (χ0v) is 20.9. The van der Waals surface area contributed by atoms with Gasteiger partial charge in [-0.05, 0) is 73.8 Å². The molecule has 3 aromatic carbocycles. The van der Waals surface area contributed by atoms with Crippen molar-refractivity contribution in [3.8, 4) is 5.75 Å². The van der Waals surface area contributed by atoms with Crippen molar-refractivity contribution in [3.05, 3.63) is 107 Å². The monoisotopic (exact) mass is 608 g/mol. The van der Waals surface area contributed by atoms with Crippen LogP contribution >= 0.6 is 43.5 Å². The summed E-state index contributed by atoms with van der Waals surface area (Å²) in [4.78, 5) is 27.0. The number of rotatable bonds is 6. The van der Waals surface area contributed by atoms with Gasteiger partial charge < -0.3 is 9.47 Å². The second kappa shape index (κ2) is 10.0. The van der Waals surface area contributed by atoms with Crippen molar-refractivity contribution in [1.29, 1.82) is 0 Å². The lowest BCUT2D eigenvalue weighted by Gasteiger charge is -2.12. The summed E-state index contributed by atoms with van der Waals surface area (Å²) >= 11 is 12.7. The van der Waals surface area contributed by atoms with Gasteiger partial charge in [0.2, 0.25) is 5.90 Å². The smallest absolute Gasteiger partial charge is 0.363 e. The van der Waals surface area contributed by atoms with Gasteiger partial charge in [0.05, 0.1) is 13.9 Å². The minimum atomic E-state index is -0.709. The van der Waals surface area contributed by atoms with E-state index in [9.17, 15) is 19.3 Å².